The monoisotopic (exact) mass is 488 g/mol. The Kier molecular flexibility index (Phi) is 4.70. The zero-order valence-electron chi connectivity index (χ0n) is 15.3. The average Bonchev–Trinajstić information content (AvgIpc) is 2.74. The molecular formula is C26H18Br2. The van der Waals surface area contributed by atoms with Crippen LogP contribution in [0.4, 0.5) is 0 Å². The number of rotatable bonds is 2. The van der Waals surface area contributed by atoms with E-state index >= 15 is 0 Å². The largest absolute Gasteiger partial charge is 0.0836 e. The van der Waals surface area contributed by atoms with Crippen LogP contribution < -0.4 is 0 Å². The topological polar surface area (TPSA) is 0 Å². The van der Waals surface area contributed by atoms with Crippen molar-refractivity contribution in [3.8, 4) is 22.3 Å². The first-order valence-electron chi connectivity index (χ1n) is 9.48. The summed E-state index contributed by atoms with van der Waals surface area (Å²) in [5.74, 6) is 0. The van der Waals surface area contributed by atoms with Gasteiger partial charge in [-0.05, 0) is 81.3 Å². The minimum atomic E-state index is 1.07. The van der Waals surface area contributed by atoms with Crippen molar-refractivity contribution < 1.29 is 0 Å². The van der Waals surface area contributed by atoms with E-state index in [0.29, 0.717) is 0 Å². The van der Waals surface area contributed by atoms with Gasteiger partial charge in [0.1, 0.15) is 0 Å². The number of halogens is 2. The summed E-state index contributed by atoms with van der Waals surface area (Å²) < 4.78 is 2.22. The van der Waals surface area contributed by atoms with Crippen molar-refractivity contribution in [3.05, 3.63) is 98.9 Å². The highest BCUT2D eigenvalue weighted by molar-refractivity contribution is 9.10. The van der Waals surface area contributed by atoms with Crippen molar-refractivity contribution >= 4 is 48.7 Å². The van der Waals surface area contributed by atoms with Crippen LogP contribution in [0.2, 0.25) is 0 Å². The van der Waals surface area contributed by atoms with E-state index in [1.54, 1.807) is 0 Å². The Morgan fingerprint density at radius 1 is 0.607 bits per heavy atom. The SMILES string of the molecule is Brc1ccc(-c2c3c(c(-c4ccc(Br)cc4)c4ccccc24)CCC=C3)cc1. The van der Waals surface area contributed by atoms with Gasteiger partial charge in [0.2, 0.25) is 0 Å². The second kappa shape index (κ2) is 7.35. The second-order valence-corrected chi connectivity index (χ2v) is 8.97. The molecule has 4 aromatic carbocycles. The minimum Gasteiger partial charge on any atom is -0.0836 e. The number of allylic oxidation sites excluding steroid dienone is 1. The maximum Gasteiger partial charge on any atom is 0.0175 e. The number of hydrogen-bond donors (Lipinski definition) is 0. The van der Waals surface area contributed by atoms with Crippen molar-refractivity contribution in [2.45, 2.75) is 12.8 Å². The second-order valence-electron chi connectivity index (χ2n) is 7.14. The molecule has 0 heterocycles. The van der Waals surface area contributed by atoms with E-state index < -0.39 is 0 Å². The fraction of sp³-hybridized carbons (Fsp3) is 0.0769. The van der Waals surface area contributed by atoms with E-state index in [9.17, 15) is 0 Å². The molecule has 2 heteroatoms. The van der Waals surface area contributed by atoms with Crippen molar-refractivity contribution in [2.24, 2.45) is 0 Å². The van der Waals surface area contributed by atoms with Gasteiger partial charge in [-0.3, -0.25) is 0 Å². The molecule has 1 aliphatic carbocycles. The van der Waals surface area contributed by atoms with Crippen molar-refractivity contribution in [2.75, 3.05) is 0 Å². The highest BCUT2D eigenvalue weighted by Crippen LogP contribution is 2.44. The Bertz CT molecular complexity index is 1200. The maximum absolute atomic E-state index is 3.58. The van der Waals surface area contributed by atoms with Gasteiger partial charge in [-0.15, -0.1) is 0 Å². The van der Waals surface area contributed by atoms with Crippen molar-refractivity contribution in [1.82, 2.24) is 0 Å². The van der Waals surface area contributed by atoms with E-state index in [0.717, 1.165) is 21.8 Å². The average molecular weight is 490 g/mol. The molecule has 136 valence electrons. The van der Waals surface area contributed by atoms with Crippen LogP contribution in [0.15, 0.2) is 87.8 Å². The smallest absolute Gasteiger partial charge is 0.0175 e. The molecule has 0 aromatic heterocycles. The first kappa shape index (κ1) is 17.9. The Hall–Kier alpha value is -2.16. The molecule has 0 bridgehead atoms. The highest BCUT2D eigenvalue weighted by atomic mass is 79.9. The van der Waals surface area contributed by atoms with Crippen LogP contribution >= 0.6 is 31.9 Å². The molecule has 4 aromatic rings. The summed E-state index contributed by atoms with van der Waals surface area (Å²) >= 11 is 7.15. The molecule has 5 rings (SSSR count). The Balaban J connectivity index is 1.91. The molecule has 0 unspecified atom stereocenters. The summed E-state index contributed by atoms with van der Waals surface area (Å²) in [7, 11) is 0. The van der Waals surface area contributed by atoms with Gasteiger partial charge in [0.15, 0.2) is 0 Å². The zero-order valence-corrected chi connectivity index (χ0v) is 18.4. The summed E-state index contributed by atoms with van der Waals surface area (Å²) in [6.07, 6.45) is 6.80. The van der Waals surface area contributed by atoms with Crippen LogP contribution in [-0.4, -0.2) is 0 Å². The third kappa shape index (κ3) is 3.05. The third-order valence-corrected chi connectivity index (χ3v) is 6.53. The summed E-state index contributed by atoms with van der Waals surface area (Å²) in [6.45, 7) is 0. The van der Waals surface area contributed by atoms with Crippen LogP contribution in [0, 0.1) is 0 Å². The lowest BCUT2D eigenvalue weighted by atomic mass is 9.80. The van der Waals surface area contributed by atoms with E-state index in [-0.39, 0.29) is 0 Å². The molecule has 0 saturated carbocycles. The lowest BCUT2D eigenvalue weighted by molar-refractivity contribution is 0.991. The lowest BCUT2D eigenvalue weighted by Crippen LogP contribution is -2.02. The number of hydrogen-bond acceptors (Lipinski definition) is 0. The van der Waals surface area contributed by atoms with Gasteiger partial charge in [0.05, 0.1) is 0 Å². The minimum absolute atomic E-state index is 1.07. The molecule has 28 heavy (non-hydrogen) atoms. The van der Waals surface area contributed by atoms with Gasteiger partial charge in [0, 0.05) is 8.95 Å². The quantitative estimate of drug-likeness (QED) is 0.264. The molecule has 0 nitrogen and oxygen atoms in total. The maximum atomic E-state index is 3.58. The third-order valence-electron chi connectivity index (χ3n) is 5.47. The lowest BCUT2D eigenvalue weighted by Gasteiger charge is -2.23. The molecule has 0 aliphatic heterocycles. The molecule has 0 saturated heterocycles. The fourth-order valence-corrected chi connectivity index (χ4v) is 4.79. The Morgan fingerprint density at radius 2 is 1.14 bits per heavy atom. The summed E-state index contributed by atoms with van der Waals surface area (Å²) in [4.78, 5) is 0. The normalized spacial score (nSPS) is 12.9. The first-order valence-corrected chi connectivity index (χ1v) is 11.1. The van der Waals surface area contributed by atoms with Gasteiger partial charge in [-0.1, -0.05) is 92.5 Å². The summed E-state index contributed by atoms with van der Waals surface area (Å²) in [5.41, 5.74) is 8.10. The van der Waals surface area contributed by atoms with Crippen molar-refractivity contribution in [3.63, 3.8) is 0 Å². The van der Waals surface area contributed by atoms with Crippen LogP contribution in [0.3, 0.4) is 0 Å². The summed E-state index contributed by atoms with van der Waals surface area (Å²) in [6, 6.07) is 26.3. The number of benzene rings is 4. The number of fused-ring (bicyclic) bond motifs is 2. The van der Waals surface area contributed by atoms with E-state index in [4.69, 9.17) is 0 Å². The van der Waals surface area contributed by atoms with Crippen LogP contribution in [0.25, 0.3) is 39.1 Å². The molecule has 0 fully saturated rings. The standard InChI is InChI=1S/C26H18Br2/c27-19-13-9-17(10-14-19)25-21-5-1-2-6-22(21)26(18-11-15-20(28)16-12-18)24-8-4-3-7-23(24)25/h1-3,5-7,9-16H,4,8H2. The Labute approximate surface area is 182 Å². The van der Waals surface area contributed by atoms with Crippen molar-refractivity contribution in [1.29, 1.82) is 0 Å². The predicted octanol–water partition coefficient (Wildman–Crippen LogP) is 8.66. The first-order chi connectivity index (χ1) is 13.7. The van der Waals surface area contributed by atoms with E-state index in [2.05, 4.69) is 117 Å². The summed E-state index contributed by atoms with van der Waals surface area (Å²) in [5, 5.41) is 2.64. The molecule has 1 aliphatic rings. The van der Waals surface area contributed by atoms with Gasteiger partial charge >= 0.3 is 0 Å². The zero-order chi connectivity index (χ0) is 19.1. The molecule has 0 spiro atoms. The van der Waals surface area contributed by atoms with E-state index in [1.807, 2.05) is 0 Å². The molecule has 0 N–H and O–H groups in total. The van der Waals surface area contributed by atoms with Crippen LogP contribution in [-0.2, 0) is 6.42 Å². The Morgan fingerprint density at radius 3 is 1.75 bits per heavy atom. The molecule has 0 atom stereocenters. The highest BCUT2D eigenvalue weighted by Gasteiger charge is 2.21. The molecule has 0 radical (unpaired) electrons. The van der Waals surface area contributed by atoms with Crippen LogP contribution in [0.5, 0.6) is 0 Å². The van der Waals surface area contributed by atoms with Crippen LogP contribution in [0.1, 0.15) is 17.5 Å². The fourth-order valence-electron chi connectivity index (χ4n) is 4.26. The van der Waals surface area contributed by atoms with Gasteiger partial charge < -0.3 is 0 Å². The van der Waals surface area contributed by atoms with Gasteiger partial charge in [0.25, 0.3) is 0 Å². The van der Waals surface area contributed by atoms with Gasteiger partial charge in [-0.25, -0.2) is 0 Å². The predicted molar refractivity (Wildman–Crippen MR) is 128 cm³/mol. The van der Waals surface area contributed by atoms with E-state index in [1.165, 1.54) is 44.2 Å². The van der Waals surface area contributed by atoms with Gasteiger partial charge in [-0.2, -0.15) is 0 Å². The molecular weight excluding hydrogens is 472 g/mol. The molecule has 0 amide bonds.